The minimum absolute atomic E-state index is 0.142. The molecule has 8 nitrogen and oxygen atoms in total. The van der Waals surface area contributed by atoms with Crippen LogP contribution in [0.25, 0.3) is 10.8 Å². The van der Waals surface area contributed by atoms with Gasteiger partial charge in [-0.1, -0.05) is 48.5 Å². The third-order valence-electron chi connectivity index (χ3n) is 5.28. The van der Waals surface area contributed by atoms with E-state index in [0.29, 0.717) is 30.3 Å². The van der Waals surface area contributed by atoms with Crippen molar-refractivity contribution in [1.82, 2.24) is 5.43 Å². The normalized spacial score (nSPS) is 10.9. The van der Waals surface area contributed by atoms with Gasteiger partial charge in [0.25, 0.3) is 11.6 Å². The van der Waals surface area contributed by atoms with Gasteiger partial charge in [-0.2, -0.15) is 5.10 Å². The highest BCUT2D eigenvalue weighted by atomic mass is 127. The van der Waals surface area contributed by atoms with Crippen LogP contribution in [-0.4, -0.2) is 23.7 Å². The largest absolute Gasteiger partial charge is 0.490 e. The molecule has 0 spiro atoms. The number of carbonyl (C=O) groups excluding carboxylic acids is 1. The molecule has 0 atom stereocenters. The number of non-ortho nitro benzene ring substituents is 1. The molecule has 1 amide bonds. The maximum atomic E-state index is 12.3. The predicted octanol–water partition coefficient (Wildman–Crippen LogP) is 6.09. The molecule has 0 saturated heterocycles. The Bertz CT molecular complexity index is 1450. The summed E-state index contributed by atoms with van der Waals surface area (Å²) < 4.78 is 12.8. The summed E-state index contributed by atoms with van der Waals surface area (Å²) in [6, 6.07) is 23.4. The van der Waals surface area contributed by atoms with Crippen molar-refractivity contribution in [3.05, 3.63) is 109 Å². The van der Waals surface area contributed by atoms with Gasteiger partial charge in [-0.3, -0.25) is 14.9 Å². The molecule has 4 aromatic rings. The first-order valence-electron chi connectivity index (χ1n) is 11.1. The Balaban J connectivity index is 1.50. The number of amides is 1. The van der Waals surface area contributed by atoms with E-state index in [1.165, 1.54) is 30.5 Å². The molecule has 0 radical (unpaired) electrons. The maximum Gasteiger partial charge on any atom is 0.271 e. The van der Waals surface area contributed by atoms with E-state index < -0.39 is 10.8 Å². The highest BCUT2D eigenvalue weighted by molar-refractivity contribution is 14.1. The lowest BCUT2D eigenvalue weighted by Crippen LogP contribution is -2.17. The molecular formula is C27H22IN3O5. The summed E-state index contributed by atoms with van der Waals surface area (Å²) >= 11 is 2.18. The van der Waals surface area contributed by atoms with Crippen LogP contribution in [0.15, 0.2) is 84.0 Å². The van der Waals surface area contributed by atoms with Gasteiger partial charge in [0.15, 0.2) is 11.5 Å². The summed E-state index contributed by atoms with van der Waals surface area (Å²) in [5, 5.41) is 17.2. The fraction of sp³-hybridized carbons (Fsp3) is 0.111. The number of hydrogen-bond acceptors (Lipinski definition) is 6. The highest BCUT2D eigenvalue weighted by Crippen LogP contribution is 2.35. The zero-order valence-corrected chi connectivity index (χ0v) is 21.5. The number of hydrogen-bond donors (Lipinski definition) is 1. The minimum Gasteiger partial charge on any atom is -0.490 e. The second-order valence-corrected chi connectivity index (χ2v) is 8.86. The lowest BCUT2D eigenvalue weighted by Gasteiger charge is -2.15. The Hall–Kier alpha value is -3.99. The van der Waals surface area contributed by atoms with Gasteiger partial charge in [-0.25, -0.2) is 5.43 Å². The fourth-order valence-corrected chi connectivity index (χ4v) is 4.41. The molecule has 36 heavy (non-hydrogen) atoms. The number of nitro benzene ring substituents is 1. The van der Waals surface area contributed by atoms with E-state index in [1.807, 2.05) is 37.3 Å². The first-order chi connectivity index (χ1) is 17.5. The van der Waals surface area contributed by atoms with Crippen LogP contribution >= 0.6 is 22.6 Å². The van der Waals surface area contributed by atoms with Crippen LogP contribution in [0.3, 0.4) is 0 Å². The fourth-order valence-electron chi connectivity index (χ4n) is 3.62. The second-order valence-electron chi connectivity index (χ2n) is 7.70. The van der Waals surface area contributed by atoms with Gasteiger partial charge in [0.05, 0.1) is 21.3 Å². The smallest absolute Gasteiger partial charge is 0.271 e. The number of nitro groups is 1. The third-order valence-corrected chi connectivity index (χ3v) is 6.08. The number of carbonyl (C=O) groups is 1. The summed E-state index contributed by atoms with van der Waals surface area (Å²) in [7, 11) is 0. The Morgan fingerprint density at radius 2 is 1.83 bits per heavy atom. The van der Waals surface area contributed by atoms with E-state index in [2.05, 4.69) is 51.3 Å². The summed E-state index contributed by atoms with van der Waals surface area (Å²) in [6.07, 6.45) is 1.48. The van der Waals surface area contributed by atoms with Crippen molar-refractivity contribution in [2.45, 2.75) is 13.5 Å². The second kappa shape index (κ2) is 11.6. The Morgan fingerprint density at radius 1 is 1.06 bits per heavy atom. The third kappa shape index (κ3) is 5.98. The molecule has 0 aliphatic rings. The maximum absolute atomic E-state index is 12.3. The molecule has 0 aromatic heterocycles. The number of nitrogens with zero attached hydrogens (tertiary/aromatic N) is 2. The minimum atomic E-state index is -0.554. The van der Waals surface area contributed by atoms with Crippen LogP contribution in [0.5, 0.6) is 11.5 Å². The molecule has 0 aliphatic heterocycles. The predicted molar refractivity (Wildman–Crippen MR) is 147 cm³/mol. The van der Waals surface area contributed by atoms with Gasteiger partial charge in [0.2, 0.25) is 0 Å². The average Bonchev–Trinajstić information content (AvgIpc) is 2.88. The van der Waals surface area contributed by atoms with Crippen molar-refractivity contribution in [2.75, 3.05) is 6.61 Å². The molecule has 182 valence electrons. The van der Waals surface area contributed by atoms with Crippen LogP contribution in [0.1, 0.15) is 28.4 Å². The van der Waals surface area contributed by atoms with Crippen molar-refractivity contribution >= 4 is 51.2 Å². The van der Waals surface area contributed by atoms with Crippen molar-refractivity contribution in [1.29, 1.82) is 0 Å². The van der Waals surface area contributed by atoms with Crippen LogP contribution in [0.4, 0.5) is 5.69 Å². The van der Waals surface area contributed by atoms with Crippen molar-refractivity contribution in [3.8, 4) is 11.5 Å². The standard InChI is InChI=1S/C27H22IN3O5/c1-2-35-25-14-18(16-29-30-27(32)20-9-6-11-22(15-20)31(33)34)13-24(28)26(25)36-17-21-10-5-8-19-7-3-4-12-23(19)21/h3-16H,2,17H2,1H3,(H,30,32)/b29-16-. The van der Waals surface area contributed by atoms with Gasteiger partial charge in [-0.05, 0) is 69.6 Å². The number of fused-ring (bicyclic) bond motifs is 1. The molecule has 0 saturated carbocycles. The Labute approximate surface area is 221 Å². The Kier molecular flexibility index (Phi) is 8.11. The molecular weight excluding hydrogens is 573 g/mol. The van der Waals surface area contributed by atoms with Crippen LogP contribution in [0, 0.1) is 13.7 Å². The first-order valence-corrected chi connectivity index (χ1v) is 12.2. The number of ether oxygens (including phenoxy) is 2. The molecule has 0 aliphatic carbocycles. The lowest BCUT2D eigenvalue weighted by molar-refractivity contribution is -0.384. The van der Waals surface area contributed by atoms with Gasteiger partial charge < -0.3 is 9.47 Å². The highest BCUT2D eigenvalue weighted by Gasteiger charge is 2.14. The number of benzene rings is 4. The number of halogens is 1. The summed E-state index contributed by atoms with van der Waals surface area (Å²) in [6.45, 7) is 2.72. The summed E-state index contributed by atoms with van der Waals surface area (Å²) in [5.41, 5.74) is 4.14. The van der Waals surface area contributed by atoms with Gasteiger partial charge in [0.1, 0.15) is 6.61 Å². The molecule has 0 fully saturated rings. The zero-order chi connectivity index (χ0) is 25.5. The summed E-state index contributed by atoms with van der Waals surface area (Å²) in [5.74, 6) is 0.643. The van der Waals surface area contributed by atoms with E-state index in [4.69, 9.17) is 9.47 Å². The SMILES string of the molecule is CCOc1cc(/C=N\NC(=O)c2cccc([N+](=O)[O-])c2)cc(I)c1OCc1cccc2ccccc12. The number of hydrazone groups is 1. The van der Waals surface area contributed by atoms with Crippen LogP contribution in [0.2, 0.25) is 0 Å². The van der Waals surface area contributed by atoms with Crippen molar-refractivity contribution in [2.24, 2.45) is 5.10 Å². The molecule has 4 rings (SSSR count). The van der Waals surface area contributed by atoms with Crippen LogP contribution < -0.4 is 14.9 Å². The van der Waals surface area contributed by atoms with E-state index in [-0.39, 0.29) is 11.3 Å². The Morgan fingerprint density at radius 3 is 2.64 bits per heavy atom. The molecule has 0 heterocycles. The van der Waals surface area contributed by atoms with E-state index in [9.17, 15) is 14.9 Å². The van der Waals surface area contributed by atoms with Gasteiger partial charge in [0, 0.05) is 17.7 Å². The average molecular weight is 595 g/mol. The zero-order valence-electron chi connectivity index (χ0n) is 19.3. The number of rotatable bonds is 9. The monoisotopic (exact) mass is 595 g/mol. The molecule has 0 bridgehead atoms. The van der Waals surface area contributed by atoms with Crippen molar-refractivity contribution < 1.29 is 19.2 Å². The lowest BCUT2D eigenvalue weighted by atomic mass is 10.1. The molecule has 1 N–H and O–H groups in total. The topological polar surface area (TPSA) is 103 Å². The van der Waals surface area contributed by atoms with Crippen LogP contribution in [-0.2, 0) is 6.61 Å². The van der Waals surface area contributed by atoms with Gasteiger partial charge in [-0.15, -0.1) is 0 Å². The molecule has 4 aromatic carbocycles. The van der Waals surface area contributed by atoms with E-state index in [0.717, 1.165) is 19.9 Å². The van der Waals surface area contributed by atoms with E-state index >= 15 is 0 Å². The quantitative estimate of drug-likeness (QED) is 0.109. The first kappa shape index (κ1) is 25.1. The molecule has 0 unspecified atom stereocenters. The summed E-state index contributed by atoms with van der Waals surface area (Å²) in [4.78, 5) is 22.7. The van der Waals surface area contributed by atoms with Gasteiger partial charge >= 0.3 is 0 Å². The van der Waals surface area contributed by atoms with E-state index in [1.54, 1.807) is 6.07 Å². The molecule has 9 heteroatoms. The van der Waals surface area contributed by atoms with Crippen molar-refractivity contribution in [3.63, 3.8) is 0 Å². The number of nitrogens with one attached hydrogen (secondary N) is 1.